The first kappa shape index (κ1) is 12.8. The lowest BCUT2D eigenvalue weighted by Crippen LogP contribution is -2.54. The van der Waals surface area contributed by atoms with Crippen LogP contribution in [-0.2, 0) is 14.3 Å². The van der Waals surface area contributed by atoms with Crippen molar-refractivity contribution in [3.05, 3.63) is 0 Å². The number of hydrogen-bond acceptors (Lipinski definition) is 3. The van der Waals surface area contributed by atoms with Crippen LogP contribution >= 0.6 is 0 Å². The second-order valence-electron chi connectivity index (χ2n) is 3.30. The molecule has 8 heteroatoms. The highest BCUT2D eigenvalue weighted by Crippen LogP contribution is 2.18. The van der Waals surface area contributed by atoms with Crippen molar-refractivity contribution in [2.75, 3.05) is 26.7 Å². The molecule has 0 saturated carbocycles. The van der Waals surface area contributed by atoms with Crippen LogP contribution in [0.4, 0.5) is 13.2 Å². The summed E-state index contributed by atoms with van der Waals surface area (Å²) in [5, 5.41) is 2.25. The Hall–Kier alpha value is -1.31. The maximum absolute atomic E-state index is 12.1. The van der Waals surface area contributed by atoms with Gasteiger partial charge in [0, 0.05) is 7.05 Å². The number of likely N-dealkylation sites (N-methyl/N-ethyl adjacent to an activating group) is 1. The fourth-order valence-electron chi connectivity index (χ4n) is 1.31. The van der Waals surface area contributed by atoms with E-state index in [9.17, 15) is 22.8 Å². The second kappa shape index (κ2) is 4.69. The zero-order valence-electron chi connectivity index (χ0n) is 8.50. The lowest BCUT2D eigenvalue weighted by atomic mass is 10.2. The van der Waals surface area contributed by atoms with E-state index in [2.05, 4.69) is 5.32 Å². The van der Waals surface area contributed by atoms with E-state index in [4.69, 9.17) is 4.74 Å². The van der Waals surface area contributed by atoms with E-state index in [1.54, 1.807) is 0 Å². The first-order valence-electron chi connectivity index (χ1n) is 4.51. The standard InChI is InChI=1S/C8H11F3N2O3/c1-12-7(15)5-2-13(4-8(9,10)11)6(14)3-16-5/h5H,2-4H2,1H3,(H,12,15). The van der Waals surface area contributed by atoms with Crippen LogP contribution in [0.15, 0.2) is 0 Å². The maximum atomic E-state index is 12.1. The minimum absolute atomic E-state index is 0.377. The summed E-state index contributed by atoms with van der Waals surface area (Å²) < 4.78 is 41.1. The molecule has 0 aromatic rings. The van der Waals surface area contributed by atoms with Gasteiger partial charge >= 0.3 is 6.18 Å². The number of carbonyl (C=O) groups excluding carboxylic acids is 2. The van der Waals surface area contributed by atoms with E-state index in [1.807, 2.05) is 0 Å². The van der Waals surface area contributed by atoms with Gasteiger partial charge in [-0.15, -0.1) is 0 Å². The van der Waals surface area contributed by atoms with Crippen LogP contribution in [0.2, 0.25) is 0 Å². The van der Waals surface area contributed by atoms with E-state index in [1.165, 1.54) is 7.05 Å². The summed E-state index contributed by atoms with van der Waals surface area (Å²) in [7, 11) is 1.34. The van der Waals surface area contributed by atoms with Crippen LogP contribution in [0.1, 0.15) is 0 Å². The molecule has 92 valence electrons. The molecule has 2 amide bonds. The lowest BCUT2D eigenvalue weighted by molar-refractivity contribution is -0.178. The molecule has 0 aromatic carbocycles. The average Bonchev–Trinajstić information content (AvgIpc) is 2.18. The maximum Gasteiger partial charge on any atom is 0.406 e. The molecule has 1 atom stereocenters. The summed E-state index contributed by atoms with van der Waals surface area (Å²) in [6, 6.07) is 0. The minimum atomic E-state index is -4.47. The Morgan fingerprint density at radius 3 is 2.75 bits per heavy atom. The summed E-state index contributed by atoms with van der Waals surface area (Å²) in [5.41, 5.74) is 0. The molecule has 5 nitrogen and oxygen atoms in total. The molecule has 0 aliphatic carbocycles. The zero-order chi connectivity index (χ0) is 12.3. The predicted octanol–water partition coefficient (Wildman–Crippen LogP) is -0.478. The third-order valence-corrected chi connectivity index (χ3v) is 2.06. The van der Waals surface area contributed by atoms with Gasteiger partial charge in [0.05, 0.1) is 6.54 Å². The largest absolute Gasteiger partial charge is 0.406 e. The van der Waals surface area contributed by atoms with Gasteiger partial charge < -0.3 is 15.0 Å². The quantitative estimate of drug-likeness (QED) is 0.709. The third kappa shape index (κ3) is 3.37. The fraction of sp³-hybridized carbons (Fsp3) is 0.750. The molecule has 0 bridgehead atoms. The van der Waals surface area contributed by atoms with Crippen molar-refractivity contribution in [1.29, 1.82) is 0 Å². The Morgan fingerprint density at radius 1 is 1.62 bits per heavy atom. The van der Waals surface area contributed by atoms with E-state index in [0.717, 1.165) is 0 Å². The van der Waals surface area contributed by atoms with Crippen LogP contribution in [0.3, 0.4) is 0 Å². The van der Waals surface area contributed by atoms with Gasteiger partial charge in [-0.3, -0.25) is 9.59 Å². The average molecular weight is 240 g/mol. The van der Waals surface area contributed by atoms with Gasteiger partial charge in [0.15, 0.2) is 6.10 Å². The van der Waals surface area contributed by atoms with Crippen LogP contribution in [0.25, 0.3) is 0 Å². The van der Waals surface area contributed by atoms with E-state index in [0.29, 0.717) is 4.90 Å². The highest BCUT2D eigenvalue weighted by molar-refractivity contribution is 5.85. The number of halogens is 3. The van der Waals surface area contributed by atoms with Crippen molar-refractivity contribution in [2.45, 2.75) is 12.3 Å². The molecule has 0 spiro atoms. The van der Waals surface area contributed by atoms with Crippen LogP contribution < -0.4 is 5.32 Å². The van der Waals surface area contributed by atoms with Gasteiger partial charge in [-0.2, -0.15) is 13.2 Å². The first-order valence-corrected chi connectivity index (χ1v) is 4.51. The number of morpholine rings is 1. The zero-order valence-corrected chi connectivity index (χ0v) is 8.50. The number of alkyl halides is 3. The Morgan fingerprint density at radius 2 is 2.25 bits per heavy atom. The van der Waals surface area contributed by atoms with E-state index >= 15 is 0 Å². The number of carbonyl (C=O) groups is 2. The van der Waals surface area contributed by atoms with Crippen molar-refractivity contribution < 1.29 is 27.5 Å². The smallest absolute Gasteiger partial charge is 0.357 e. The molecule has 1 aliphatic rings. The molecule has 0 aromatic heterocycles. The van der Waals surface area contributed by atoms with Crippen LogP contribution in [-0.4, -0.2) is 55.7 Å². The Balaban J connectivity index is 2.62. The highest BCUT2D eigenvalue weighted by Gasteiger charge is 2.38. The molecule has 0 radical (unpaired) electrons. The number of nitrogens with zero attached hydrogens (tertiary/aromatic N) is 1. The second-order valence-corrected chi connectivity index (χ2v) is 3.30. The molecule has 1 aliphatic heterocycles. The molecule has 1 rings (SSSR count). The van der Waals surface area contributed by atoms with Crippen LogP contribution in [0.5, 0.6) is 0 Å². The van der Waals surface area contributed by atoms with Gasteiger partial charge in [0.1, 0.15) is 13.2 Å². The SMILES string of the molecule is CNC(=O)C1CN(CC(F)(F)F)C(=O)CO1. The monoisotopic (exact) mass is 240 g/mol. The van der Waals surface area contributed by atoms with Gasteiger partial charge in [0.25, 0.3) is 5.91 Å². The summed E-state index contributed by atoms with van der Waals surface area (Å²) >= 11 is 0. The Kier molecular flexibility index (Phi) is 3.74. The summed E-state index contributed by atoms with van der Waals surface area (Å²) in [6.07, 6.45) is -5.51. The molecule has 1 unspecified atom stereocenters. The topological polar surface area (TPSA) is 58.6 Å². The molecule has 1 fully saturated rings. The van der Waals surface area contributed by atoms with Crippen LogP contribution in [0, 0.1) is 0 Å². The number of rotatable bonds is 2. The molecule has 1 heterocycles. The van der Waals surface area contributed by atoms with Crippen molar-refractivity contribution in [3.8, 4) is 0 Å². The number of hydrogen-bond donors (Lipinski definition) is 1. The predicted molar refractivity (Wildman–Crippen MR) is 46.4 cm³/mol. The molecule has 1 N–H and O–H groups in total. The minimum Gasteiger partial charge on any atom is -0.357 e. The Labute approximate surface area is 89.5 Å². The number of amides is 2. The lowest BCUT2D eigenvalue weighted by Gasteiger charge is -2.32. The van der Waals surface area contributed by atoms with Gasteiger partial charge in [-0.25, -0.2) is 0 Å². The molecule has 1 saturated heterocycles. The van der Waals surface area contributed by atoms with Crippen molar-refractivity contribution in [2.24, 2.45) is 0 Å². The highest BCUT2D eigenvalue weighted by atomic mass is 19.4. The third-order valence-electron chi connectivity index (χ3n) is 2.06. The van der Waals surface area contributed by atoms with Gasteiger partial charge in [-0.05, 0) is 0 Å². The van der Waals surface area contributed by atoms with E-state index < -0.39 is 37.2 Å². The van der Waals surface area contributed by atoms with Crippen molar-refractivity contribution in [1.82, 2.24) is 10.2 Å². The van der Waals surface area contributed by atoms with Crippen molar-refractivity contribution in [3.63, 3.8) is 0 Å². The number of ether oxygens (including phenoxy) is 1. The molecule has 16 heavy (non-hydrogen) atoms. The Bertz CT molecular complexity index is 293. The summed E-state index contributed by atoms with van der Waals surface area (Å²) in [4.78, 5) is 22.8. The molecular formula is C8H11F3N2O3. The molecular weight excluding hydrogens is 229 g/mol. The van der Waals surface area contributed by atoms with E-state index in [-0.39, 0.29) is 6.54 Å². The summed E-state index contributed by atoms with van der Waals surface area (Å²) in [5.74, 6) is -1.31. The van der Waals surface area contributed by atoms with Gasteiger partial charge in [0.2, 0.25) is 5.91 Å². The number of nitrogens with one attached hydrogen (secondary N) is 1. The summed E-state index contributed by atoms with van der Waals surface area (Å²) in [6.45, 7) is -2.24. The fourth-order valence-corrected chi connectivity index (χ4v) is 1.31. The van der Waals surface area contributed by atoms with Gasteiger partial charge in [-0.1, -0.05) is 0 Å². The normalized spacial score (nSPS) is 22.1. The first-order chi connectivity index (χ1) is 7.33. The van der Waals surface area contributed by atoms with Crippen molar-refractivity contribution >= 4 is 11.8 Å².